The van der Waals surface area contributed by atoms with Crippen molar-refractivity contribution in [2.24, 2.45) is 0 Å². The molecule has 0 bridgehead atoms. The number of benzene rings is 3. The van der Waals surface area contributed by atoms with Crippen molar-refractivity contribution in [2.45, 2.75) is 18.9 Å². The molecule has 0 aromatic heterocycles. The van der Waals surface area contributed by atoms with Crippen molar-refractivity contribution < 1.29 is 4.79 Å². The molecule has 0 heterocycles. The first-order chi connectivity index (χ1) is 12.1. The zero-order valence-electron chi connectivity index (χ0n) is 14.0. The molecular weight excluding hydrogens is 374 g/mol. The minimum atomic E-state index is -0.322. The molecule has 0 radical (unpaired) electrons. The molecule has 0 aliphatic carbocycles. The molecule has 3 aromatic carbocycles. The lowest BCUT2D eigenvalue weighted by Crippen LogP contribution is -2.32. The lowest BCUT2D eigenvalue weighted by Gasteiger charge is -2.21. The van der Waals surface area contributed by atoms with Gasteiger partial charge >= 0.3 is 0 Å². The highest BCUT2D eigenvalue weighted by atomic mass is 79.9. The number of carbonyl (C=O) groups is 1. The Kier molecular flexibility index (Phi) is 5.67. The summed E-state index contributed by atoms with van der Waals surface area (Å²) in [5.41, 5.74) is 3.06. The Morgan fingerprint density at radius 1 is 0.800 bits per heavy atom. The molecular formula is C22H20BrNO. The highest BCUT2D eigenvalue weighted by molar-refractivity contribution is 9.10. The molecule has 1 N–H and O–H groups in total. The van der Waals surface area contributed by atoms with Gasteiger partial charge in [0.1, 0.15) is 0 Å². The van der Waals surface area contributed by atoms with E-state index in [1.807, 2.05) is 91.9 Å². The van der Waals surface area contributed by atoms with Gasteiger partial charge in [-0.25, -0.2) is 0 Å². The lowest BCUT2D eigenvalue weighted by atomic mass is 9.90. The lowest BCUT2D eigenvalue weighted by molar-refractivity contribution is -0.122. The third-order valence-corrected chi connectivity index (χ3v) is 4.73. The van der Waals surface area contributed by atoms with Crippen LogP contribution in [0.5, 0.6) is 0 Å². The zero-order chi connectivity index (χ0) is 17.6. The highest BCUT2D eigenvalue weighted by Gasteiger charge is 2.24. The number of hydrogen-bond acceptors (Lipinski definition) is 1. The van der Waals surface area contributed by atoms with Crippen LogP contribution in [-0.4, -0.2) is 5.91 Å². The van der Waals surface area contributed by atoms with Gasteiger partial charge in [0.15, 0.2) is 0 Å². The van der Waals surface area contributed by atoms with Crippen LogP contribution in [0.1, 0.15) is 35.6 Å². The second kappa shape index (κ2) is 8.13. The summed E-state index contributed by atoms with van der Waals surface area (Å²) < 4.78 is 1.01. The molecule has 0 saturated carbocycles. The molecule has 0 spiro atoms. The standard InChI is InChI=1S/C22H20BrNO/c1-16(19-13-8-14-20(23)15-19)24-22(25)21(17-9-4-2-5-10-17)18-11-6-3-7-12-18/h2-16,21H,1H3,(H,24,25). The fourth-order valence-corrected chi connectivity index (χ4v) is 3.36. The van der Waals surface area contributed by atoms with Crippen LogP contribution in [0.4, 0.5) is 0 Å². The van der Waals surface area contributed by atoms with Crippen molar-refractivity contribution in [3.05, 3.63) is 106 Å². The van der Waals surface area contributed by atoms with Gasteiger partial charge in [-0.2, -0.15) is 0 Å². The van der Waals surface area contributed by atoms with Crippen molar-refractivity contribution in [3.8, 4) is 0 Å². The number of halogens is 1. The van der Waals surface area contributed by atoms with Crippen molar-refractivity contribution in [3.63, 3.8) is 0 Å². The average molecular weight is 394 g/mol. The summed E-state index contributed by atoms with van der Waals surface area (Å²) in [5.74, 6) is -0.318. The summed E-state index contributed by atoms with van der Waals surface area (Å²) in [5, 5.41) is 3.16. The van der Waals surface area contributed by atoms with Crippen LogP contribution in [0.15, 0.2) is 89.4 Å². The first-order valence-electron chi connectivity index (χ1n) is 8.31. The fourth-order valence-electron chi connectivity index (χ4n) is 2.94. The number of rotatable bonds is 5. The third kappa shape index (κ3) is 4.37. The number of carbonyl (C=O) groups excluding carboxylic acids is 1. The van der Waals surface area contributed by atoms with E-state index in [0.717, 1.165) is 21.2 Å². The number of hydrogen-bond donors (Lipinski definition) is 1. The highest BCUT2D eigenvalue weighted by Crippen LogP contribution is 2.26. The third-order valence-electron chi connectivity index (χ3n) is 4.24. The SMILES string of the molecule is CC(NC(=O)C(c1ccccc1)c1ccccc1)c1cccc(Br)c1. The molecule has 2 nitrogen and oxygen atoms in total. The average Bonchev–Trinajstić information content (AvgIpc) is 2.63. The van der Waals surface area contributed by atoms with Gasteiger partial charge in [0, 0.05) is 4.47 Å². The van der Waals surface area contributed by atoms with Gasteiger partial charge in [-0.1, -0.05) is 88.7 Å². The molecule has 126 valence electrons. The summed E-state index contributed by atoms with van der Waals surface area (Å²) >= 11 is 3.49. The second-order valence-corrected chi connectivity index (χ2v) is 6.96. The maximum atomic E-state index is 13.1. The van der Waals surface area contributed by atoms with Crippen molar-refractivity contribution in [1.82, 2.24) is 5.32 Å². The number of nitrogens with one attached hydrogen (secondary N) is 1. The summed E-state index contributed by atoms with van der Waals surface area (Å²) in [4.78, 5) is 13.1. The molecule has 0 fully saturated rings. The summed E-state index contributed by atoms with van der Waals surface area (Å²) in [6.07, 6.45) is 0. The minimum absolute atomic E-state index is 0.00451. The van der Waals surface area contributed by atoms with Crippen molar-refractivity contribution >= 4 is 21.8 Å². The molecule has 0 aliphatic heterocycles. The van der Waals surface area contributed by atoms with Crippen LogP contribution in [0.25, 0.3) is 0 Å². The van der Waals surface area contributed by atoms with E-state index in [-0.39, 0.29) is 17.9 Å². The van der Waals surface area contributed by atoms with Gasteiger partial charge < -0.3 is 5.32 Å². The van der Waals surface area contributed by atoms with Gasteiger partial charge in [0.2, 0.25) is 5.91 Å². The fraction of sp³-hybridized carbons (Fsp3) is 0.136. The Hall–Kier alpha value is -2.39. The quantitative estimate of drug-likeness (QED) is 0.612. The molecule has 3 rings (SSSR count). The largest absolute Gasteiger partial charge is 0.349 e. The van der Waals surface area contributed by atoms with Crippen LogP contribution in [0.3, 0.4) is 0 Å². The topological polar surface area (TPSA) is 29.1 Å². The Morgan fingerprint density at radius 3 is 1.84 bits per heavy atom. The van der Waals surface area contributed by atoms with E-state index in [0.29, 0.717) is 0 Å². The van der Waals surface area contributed by atoms with E-state index in [1.165, 1.54) is 0 Å². The normalized spacial score (nSPS) is 12.0. The van der Waals surface area contributed by atoms with Gasteiger partial charge in [0.05, 0.1) is 12.0 Å². The summed E-state index contributed by atoms with van der Waals surface area (Å²) in [6, 6.07) is 27.8. The van der Waals surface area contributed by atoms with Crippen molar-refractivity contribution in [2.75, 3.05) is 0 Å². The van der Waals surface area contributed by atoms with Crippen molar-refractivity contribution in [1.29, 1.82) is 0 Å². The van der Waals surface area contributed by atoms with E-state index >= 15 is 0 Å². The monoisotopic (exact) mass is 393 g/mol. The molecule has 0 aliphatic rings. The van der Waals surface area contributed by atoms with E-state index in [9.17, 15) is 4.79 Å². The van der Waals surface area contributed by atoms with Gasteiger partial charge in [-0.3, -0.25) is 4.79 Å². The number of amides is 1. The molecule has 0 saturated heterocycles. The summed E-state index contributed by atoms with van der Waals surface area (Å²) in [6.45, 7) is 2.01. The minimum Gasteiger partial charge on any atom is -0.349 e. The molecule has 1 amide bonds. The van der Waals surface area contributed by atoms with Crippen LogP contribution < -0.4 is 5.32 Å². The van der Waals surface area contributed by atoms with Crippen LogP contribution in [0.2, 0.25) is 0 Å². The van der Waals surface area contributed by atoms with E-state index in [2.05, 4.69) is 21.2 Å². The maximum absolute atomic E-state index is 13.1. The predicted molar refractivity (Wildman–Crippen MR) is 105 cm³/mol. The van der Waals surface area contributed by atoms with Crippen LogP contribution in [0, 0.1) is 0 Å². The van der Waals surface area contributed by atoms with Gasteiger partial charge in [-0.15, -0.1) is 0 Å². The molecule has 1 atom stereocenters. The predicted octanol–water partition coefficient (Wildman–Crippen LogP) is 5.46. The molecule has 3 heteroatoms. The maximum Gasteiger partial charge on any atom is 0.232 e. The van der Waals surface area contributed by atoms with E-state index in [4.69, 9.17) is 0 Å². The molecule has 25 heavy (non-hydrogen) atoms. The van der Waals surface area contributed by atoms with Crippen LogP contribution >= 0.6 is 15.9 Å². The smallest absolute Gasteiger partial charge is 0.232 e. The molecule has 3 aromatic rings. The summed E-state index contributed by atoms with van der Waals surface area (Å²) in [7, 11) is 0. The first-order valence-corrected chi connectivity index (χ1v) is 9.10. The zero-order valence-corrected chi connectivity index (χ0v) is 15.6. The van der Waals surface area contributed by atoms with E-state index < -0.39 is 0 Å². The Morgan fingerprint density at radius 2 is 1.32 bits per heavy atom. The second-order valence-electron chi connectivity index (χ2n) is 6.04. The van der Waals surface area contributed by atoms with Gasteiger partial charge in [0.25, 0.3) is 0 Å². The van der Waals surface area contributed by atoms with E-state index in [1.54, 1.807) is 0 Å². The van der Waals surface area contributed by atoms with Gasteiger partial charge in [-0.05, 0) is 35.7 Å². The molecule has 1 unspecified atom stereocenters. The Balaban J connectivity index is 1.87. The first kappa shape index (κ1) is 17.4. The van der Waals surface area contributed by atoms with Crippen LogP contribution in [-0.2, 0) is 4.79 Å². The Bertz CT molecular complexity index is 793. The Labute approximate surface area is 157 Å².